The third-order valence-corrected chi connectivity index (χ3v) is 0.517. The Morgan fingerprint density at radius 3 is 1.70 bits per heavy atom. The van der Waals surface area contributed by atoms with E-state index >= 15 is 0 Å². The van der Waals surface area contributed by atoms with Gasteiger partial charge in [0.2, 0.25) is 0 Å². The molecule has 0 bridgehead atoms. The first-order valence-corrected chi connectivity index (χ1v) is 1.77. The molecule has 0 saturated heterocycles. The topological polar surface area (TPSA) is 12.9 Å². The SMILES string of the molecule is Cl.Cl.Cl.[Ti].[c-]1ccccn1. The average Bonchev–Trinajstić information content (AvgIpc) is 1.72. The molecule has 0 saturated carbocycles. The van der Waals surface area contributed by atoms with Gasteiger partial charge in [0.25, 0.3) is 0 Å². The van der Waals surface area contributed by atoms with Gasteiger partial charge in [0.05, 0.1) is 0 Å². The third kappa shape index (κ3) is 11.5. The van der Waals surface area contributed by atoms with Crippen LogP contribution in [-0.4, -0.2) is 4.98 Å². The van der Waals surface area contributed by atoms with E-state index in [9.17, 15) is 0 Å². The molecule has 5 heteroatoms. The summed E-state index contributed by atoms with van der Waals surface area (Å²) < 4.78 is 0. The summed E-state index contributed by atoms with van der Waals surface area (Å²) in [4.78, 5) is 3.66. The molecule has 0 aliphatic carbocycles. The van der Waals surface area contributed by atoms with E-state index in [4.69, 9.17) is 0 Å². The minimum absolute atomic E-state index is 0. The van der Waals surface area contributed by atoms with Crippen LogP contribution in [0, 0.1) is 6.20 Å². The van der Waals surface area contributed by atoms with E-state index in [1.54, 1.807) is 12.3 Å². The molecule has 10 heavy (non-hydrogen) atoms. The molecule has 0 amide bonds. The molecular weight excluding hydrogens is 228 g/mol. The van der Waals surface area contributed by atoms with Gasteiger partial charge in [-0.1, -0.05) is 12.4 Å². The summed E-state index contributed by atoms with van der Waals surface area (Å²) in [6, 6.07) is 5.50. The van der Waals surface area contributed by atoms with Crippen molar-refractivity contribution in [3.05, 3.63) is 30.6 Å². The van der Waals surface area contributed by atoms with E-state index < -0.39 is 0 Å². The Bertz CT molecular complexity index is 88.8. The fourth-order valence-electron chi connectivity index (χ4n) is 0.277. The molecule has 0 aromatic carbocycles. The summed E-state index contributed by atoms with van der Waals surface area (Å²) in [7, 11) is 0. The van der Waals surface area contributed by atoms with Crippen molar-refractivity contribution < 1.29 is 21.7 Å². The first kappa shape index (κ1) is 22.4. The maximum atomic E-state index is 3.66. The van der Waals surface area contributed by atoms with Crippen molar-refractivity contribution in [1.29, 1.82) is 0 Å². The third-order valence-electron chi connectivity index (χ3n) is 0.517. The first-order chi connectivity index (χ1) is 3.00. The number of hydrogen-bond donors (Lipinski definition) is 0. The van der Waals surface area contributed by atoms with E-state index in [0.29, 0.717) is 0 Å². The number of hydrogen-bond acceptors (Lipinski definition) is 1. The molecular formula is C5H7Cl3NTi-. The zero-order valence-electron chi connectivity index (χ0n) is 4.98. The second-order valence-corrected chi connectivity index (χ2v) is 0.959. The van der Waals surface area contributed by atoms with Crippen LogP contribution in [0.15, 0.2) is 24.4 Å². The zero-order chi connectivity index (χ0) is 4.24. The van der Waals surface area contributed by atoms with Crippen molar-refractivity contribution in [2.24, 2.45) is 0 Å². The van der Waals surface area contributed by atoms with Crippen LogP contribution in [0.5, 0.6) is 0 Å². The van der Waals surface area contributed by atoms with Gasteiger partial charge in [-0.05, 0) is 0 Å². The van der Waals surface area contributed by atoms with Gasteiger partial charge in [0.1, 0.15) is 0 Å². The number of rotatable bonds is 0. The predicted octanol–water partition coefficient (Wildman–Crippen LogP) is 2.14. The van der Waals surface area contributed by atoms with Crippen molar-refractivity contribution in [2.75, 3.05) is 0 Å². The van der Waals surface area contributed by atoms with Crippen LogP contribution in [0.2, 0.25) is 0 Å². The fourth-order valence-corrected chi connectivity index (χ4v) is 0.277. The average molecular weight is 235 g/mol. The molecule has 0 radical (unpaired) electrons. The summed E-state index contributed by atoms with van der Waals surface area (Å²) in [5, 5.41) is 0. The molecule has 0 aliphatic rings. The van der Waals surface area contributed by atoms with Crippen LogP contribution < -0.4 is 0 Å². The fraction of sp³-hybridized carbons (Fsp3) is 0. The van der Waals surface area contributed by atoms with E-state index in [1.807, 2.05) is 12.1 Å². The predicted molar refractivity (Wildman–Crippen MR) is 44.8 cm³/mol. The van der Waals surface area contributed by atoms with Crippen LogP contribution in [-0.2, 0) is 21.7 Å². The number of nitrogens with zero attached hydrogens (tertiary/aromatic N) is 1. The van der Waals surface area contributed by atoms with Crippen LogP contribution in [0.3, 0.4) is 0 Å². The van der Waals surface area contributed by atoms with E-state index in [0.717, 1.165) is 0 Å². The molecule has 0 spiro atoms. The molecule has 0 unspecified atom stereocenters. The zero-order valence-corrected chi connectivity index (χ0v) is 8.99. The number of pyridine rings is 1. The van der Waals surface area contributed by atoms with Crippen LogP contribution in [0.1, 0.15) is 0 Å². The molecule has 0 fully saturated rings. The van der Waals surface area contributed by atoms with Gasteiger partial charge >= 0.3 is 0 Å². The summed E-state index contributed by atoms with van der Waals surface area (Å²) >= 11 is 0. The maximum Gasteiger partial charge on any atom is 0 e. The summed E-state index contributed by atoms with van der Waals surface area (Å²) in [6.45, 7) is 0. The van der Waals surface area contributed by atoms with Gasteiger partial charge < -0.3 is 4.98 Å². The Hall–Kier alpha value is 0.734. The van der Waals surface area contributed by atoms with Gasteiger partial charge in [-0.15, -0.1) is 37.2 Å². The second kappa shape index (κ2) is 16.4. The quantitative estimate of drug-likeness (QED) is 0.496. The van der Waals surface area contributed by atoms with Crippen molar-refractivity contribution in [3.8, 4) is 0 Å². The standard InChI is InChI=1S/C5H4N.3ClH.Ti/c1-2-4-6-5-3-1;;;;/h1-4H;3*1H;/q-1;;;;. The molecule has 1 heterocycles. The summed E-state index contributed by atoms with van der Waals surface area (Å²) in [5.74, 6) is 0. The number of halogens is 3. The van der Waals surface area contributed by atoms with E-state index in [-0.39, 0.29) is 58.9 Å². The molecule has 0 atom stereocenters. The van der Waals surface area contributed by atoms with Crippen LogP contribution in [0.4, 0.5) is 0 Å². The number of aromatic nitrogens is 1. The van der Waals surface area contributed by atoms with Gasteiger partial charge in [-0.2, -0.15) is 18.2 Å². The maximum absolute atomic E-state index is 3.66. The second-order valence-electron chi connectivity index (χ2n) is 0.959. The molecule has 58 valence electrons. The molecule has 0 N–H and O–H groups in total. The van der Waals surface area contributed by atoms with Gasteiger partial charge in [-0.3, -0.25) is 0 Å². The van der Waals surface area contributed by atoms with Gasteiger partial charge in [0, 0.05) is 21.7 Å². The molecule has 1 rings (SSSR count). The molecule has 1 aromatic heterocycles. The molecule has 1 aromatic rings. The minimum Gasteiger partial charge on any atom is -0.394 e. The van der Waals surface area contributed by atoms with Crippen LogP contribution >= 0.6 is 37.2 Å². The smallest absolute Gasteiger partial charge is 0 e. The van der Waals surface area contributed by atoms with Crippen molar-refractivity contribution in [1.82, 2.24) is 4.98 Å². The molecule has 0 aliphatic heterocycles. The monoisotopic (exact) mass is 234 g/mol. The van der Waals surface area contributed by atoms with Gasteiger partial charge in [0.15, 0.2) is 0 Å². The Morgan fingerprint density at radius 1 is 1.00 bits per heavy atom. The van der Waals surface area contributed by atoms with Crippen molar-refractivity contribution in [3.63, 3.8) is 0 Å². The Balaban J connectivity index is -0.0000000450. The Kier molecular flexibility index (Phi) is 36.7. The van der Waals surface area contributed by atoms with Crippen molar-refractivity contribution >= 4 is 37.2 Å². The van der Waals surface area contributed by atoms with E-state index in [1.165, 1.54) is 0 Å². The summed E-state index contributed by atoms with van der Waals surface area (Å²) in [6.07, 6.45) is 4.34. The Morgan fingerprint density at radius 2 is 1.60 bits per heavy atom. The van der Waals surface area contributed by atoms with Crippen molar-refractivity contribution in [2.45, 2.75) is 0 Å². The van der Waals surface area contributed by atoms with E-state index in [2.05, 4.69) is 11.2 Å². The summed E-state index contributed by atoms with van der Waals surface area (Å²) in [5.41, 5.74) is 0. The van der Waals surface area contributed by atoms with Crippen LogP contribution in [0.25, 0.3) is 0 Å². The Labute approximate surface area is 94.1 Å². The first-order valence-electron chi connectivity index (χ1n) is 1.77. The normalized spacial score (nSPS) is 4.80. The minimum atomic E-state index is 0. The molecule has 1 nitrogen and oxygen atoms in total. The van der Waals surface area contributed by atoms with Gasteiger partial charge in [-0.25, -0.2) is 0 Å². The largest absolute Gasteiger partial charge is 0.394 e.